The molecule has 5 heteroatoms. The fourth-order valence-corrected chi connectivity index (χ4v) is 2.61. The molecule has 21 heavy (non-hydrogen) atoms. The molecule has 0 saturated heterocycles. The molecule has 2 aromatic rings. The van der Waals surface area contributed by atoms with Crippen LogP contribution in [0.25, 0.3) is 11.4 Å². The maximum absolute atomic E-state index is 13.2. The monoisotopic (exact) mass is 351 g/mol. The van der Waals surface area contributed by atoms with Gasteiger partial charge in [-0.15, -0.1) is 0 Å². The van der Waals surface area contributed by atoms with Crippen LogP contribution in [0.1, 0.15) is 26.5 Å². The largest absolute Gasteiger partial charge is 0.370 e. The Morgan fingerprint density at radius 1 is 1.24 bits per heavy atom. The molecule has 0 atom stereocenters. The summed E-state index contributed by atoms with van der Waals surface area (Å²) in [7, 11) is 0. The molecule has 0 bridgehead atoms. The molecule has 0 radical (unpaired) electrons. The van der Waals surface area contributed by atoms with Gasteiger partial charge < -0.3 is 5.32 Å². The van der Waals surface area contributed by atoms with Gasteiger partial charge in [0.05, 0.1) is 0 Å². The Labute approximate surface area is 133 Å². The number of anilines is 1. The van der Waals surface area contributed by atoms with Gasteiger partial charge in [0.2, 0.25) is 0 Å². The van der Waals surface area contributed by atoms with Gasteiger partial charge in [0.1, 0.15) is 11.6 Å². The lowest BCUT2D eigenvalue weighted by Crippen LogP contribution is -2.06. The number of nitrogens with zero attached hydrogens (tertiary/aromatic N) is 2. The van der Waals surface area contributed by atoms with E-state index in [1.54, 1.807) is 6.07 Å². The summed E-state index contributed by atoms with van der Waals surface area (Å²) >= 11 is 3.38. The molecule has 1 aromatic carbocycles. The summed E-state index contributed by atoms with van der Waals surface area (Å²) in [6, 6.07) is 6.53. The van der Waals surface area contributed by atoms with Gasteiger partial charge in [0, 0.05) is 28.3 Å². The third kappa shape index (κ3) is 4.24. The van der Waals surface area contributed by atoms with Crippen molar-refractivity contribution in [2.75, 3.05) is 11.9 Å². The Hall–Kier alpha value is -1.49. The number of hydrogen-bond donors (Lipinski definition) is 1. The third-order valence-corrected chi connectivity index (χ3v) is 3.58. The molecule has 112 valence electrons. The van der Waals surface area contributed by atoms with Crippen LogP contribution in [0.4, 0.5) is 10.2 Å². The van der Waals surface area contributed by atoms with Gasteiger partial charge in [-0.05, 0) is 53.4 Å². The average Bonchev–Trinajstić information content (AvgIpc) is 2.37. The van der Waals surface area contributed by atoms with E-state index in [1.807, 2.05) is 13.0 Å². The van der Waals surface area contributed by atoms with Gasteiger partial charge in [-0.3, -0.25) is 0 Å². The van der Waals surface area contributed by atoms with Crippen LogP contribution in [0.3, 0.4) is 0 Å². The first kappa shape index (κ1) is 15.9. The van der Waals surface area contributed by atoms with Crippen LogP contribution >= 0.6 is 15.9 Å². The van der Waals surface area contributed by atoms with E-state index in [1.165, 1.54) is 12.1 Å². The molecule has 0 aliphatic carbocycles. The Bertz CT molecular complexity index is 629. The highest BCUT2D eigenvalue weighted by Gasteiger charge is 2.11. The lowest BCUT2D eigenvalue weighted by molar-refractivity contribution is 0.627. The van der Waals surface area contributed by atoms with E-state index in [0.29, 0.717) is 16.2 Å². The van der Waals surface area contributed by atoms with E-state index < -0.39 is 0 Å². The Balaban J connectivity index is 2.48. The fraction of sp³-hybridized carbons (Fsp3) is 0.375. The van der Waals surface area contributed by atoms with E-state index in [0.717, 1.165) is 30.0 Å². The molecule has 1 N–H and O–H groups in total. The predicted molar refractivity (Wildman–Crippen MR) is 87.8 cm³/mol. The van der Waals surface area contributed by atoms with Crippen molar-refractivity contribution in [2.24, 2.45) is 5.92 Å². The normalized spacial score (nSPS) is 11.0. The molecule has 0 aliphatic rings. The van der Waals surface area contributed by atoms with Crippen molar-refractivity contribution in [3.8, 4) is 11.4 Å². The smallest absolute Gasteiger partial charge is 0.162 e. The van der Waals surface area contributed by atoms with E-state index >= 15 is 0 Å². The lowest BCUT2D eigenvalue weighted by Gasteiger charge is -2.11. The Kier molecular flexibility index (Phi) is 5.28. The summed E-state index contributed by atoms with van der Waals surface area (Å²) in [6.07, 6.45) is 0.882. The minimum Gasteiger partial charge on any atom is -0.370 e. The highest BCUT2D eigenvalue weighted by Crippen LogP contribution is 2.27. The van der Waals surface area contributed by atoms with Crippen molar-refractivity contribution in [3.63, 3.8) is 0 Å². The van der Waals surface area contributed by atoms with Crippen LogP contribution < -0.4 is 5.32 Å². The fourth-order valence-electron chi connectivity index (χ4n) is 2.08. The number of hydrogen-bond acceptors (Lipinski definition) is 3. The summed E-state index contributed by atoms with van der Waals surface area (Å²) in [5.74, 6) is 1.64. The SMILES string of the molecule is CCNc1cc(CC(C)C)nc(-c2ccc(F)cc2Br)n1. The molecule has 0 amide bonds. The Morgan fingerprint density at radius 3 is 2.62 bits per heavy atom. The van der Waals surface area contributed by atoms with Crippen molar-refractivity contribution in [3.05, 3.63) is 40.2 Å². The number of aromatic nitrogens is 2. The Morgan fingerprint density at radius 2 is 2.00 bits per heavy atom. The van der Waals surface area contributed by atoms with Gasteiger partial charge in [-0.2, -0.15) is 0 Å². The molecular weight excluding hydrogens is 333 g/mol. The standard InChI is InChI=1S/C16H19BrFN3/c1-4-19-15-9-12(7-10(2)3)20-16(21-15)13-6-5-11(18)8-14(13)17/h5-6,8-10H,4,7H2,1-3H3,(H,19,20,21). The van der Waals surface area contributed by atoms with Crippen LogP contribution in [0.15, 0.2) is 28.7 Å². The van der Waals surface area contributed by atoms with E-state index in [2.05, 4.69) is 45.1 Å². The molecule has 0 aliphatic heterocycles. The first-order chi connectivity index (χ1) is 9.99. The molecule has 3 nitrogen and oxygen atoms in total. The highest BCUT2D eigenvalue weighted by atomic mass is 79.9. The second-order valence-corrected chi connectivity index (χ2v) is 6.17. The minimum atomic E-state index is -0.282. The van der Waals surface area contributed by atoms with Crippen molar-refractivity contribution in [1.82, 2.24) is 9.97 Å². The number of rotatable bonds is 5. The van der Waals surface area contributed by atoms with Crippen LogP contribution in [-0.2, 0) is 6.42 Å². The molecule has 1 heterocycles. The van der Waals surface area contributed by atoms with Crippen LogP contribution in [-0.4, -0.2) is 16.5 Å². The third-order valence-electron chi connectivity index (χ3n) is 2.93. The number of nitrogens with one attached hydrogen (secondary N) is 1. The first-order valence-electron chi connectivity index (χ1n) is 7.06. The quantitative estimate of drug-likeness (QED) is 0.849. The van der Waals surface area contributed by atoms with Crippen molar-refractivity contribution in [2.45, 2.75) is 27.2 Å². The van der Waals surface area contributed by atoms with E-state index in [-0.39, 0.29) is 5.82 Å². The minimum absolute atomic E-state index is 0.282. The van der Waals surface area contributed by atoms with Gasteiger partial charge in [-0.25, -0.2) is 14.4 Å². The molecule has 1 aromatic heterocycles. The zero-order valence-electron chi connectivity index (χ0n) is 12.5. The maximum atomic E-state index is 13.2. The van der Waals surface area contributed by atoms with E-state index in [9.17, 15) is 4.39 Å². The van der Waals surface area contributed by atoms with Crippen molar-refractivity contribution in [1.29, 1.82) is 0 Å². The van der Waals surface area contributed by atoms with Crippen molar-refractivity contribution >= 4 is 21.7 Å². The summed E-state index contributed by atoms with van der Waals surface area (Å²) in [6.45, 7) is 7.13. The highest BCUT2D eigenvalue weighted by molar-refractivity contribution is 9.10. The summed E-state index contributed by atoms with van der Waals surface area (Å²) < 4.78 is 13.9. The van der Waals surface area contributed by atoms with Gasteiger partial charge in [-0.1, -0.05) is 13.8 Å². The molecule has 0 unspecified atom stereocenters. The predicted octanol–water partition coefficient (Wildman–Crippen LogP) is 4.68. The lowest BCUT2D eigenvalue weighted by atomic mass is 10.1. The van der Waals surface area contributed by atoms with E-state index in [4.69, 9.17) is 0 Å². The van der Waals surface area contributed by atoms with Gasteiger partial charge in [0.15, 0.2) is 5.82 Å². The molecule has 0 fully saturated rings. The van der Waals surface area contributed by atoms with Gasteiger partial charge in [0.25, 0.3) is 0 Å². The first-order valence-corrected chi connectivity index (χ1v) is 7.86. The average molecular weight is 352 g/mol. The zero-order chi connectivity index (χ0) is 15.4. The summed E-state index contributed by atoms with van der Waals surface area (Å²) in [4.78, 5) is 9.13. The van der Waals surface area contributed by atoms with Crippen LogP contribution in [0.2, 0.25) is 0 Å². The molecule has 0 spiro atoms. The second kappa shape index (κ2) is 6.98. The second-order valence-electron chi connectivity index (χ2n) is 5.32. The summed E-state index contributed by atoms with van der Waals surface area (Å²) in [5, 5.41) is 3.22. The molecule has 0 saturated carbocycles. The summed E-state index contributed by atoms with van der Waals surface area (Å²) in [5.41, 5.74) is 1.78. The van der Waals surface area contributed by atoms with Crippen LogP contribution in [0, 0.1) is 11.7 Å². The number of halogens is 2. The molecular formula is C16H19BrFN3. The van der Waals surface area contributed by atoms with Crippen molar-refractivity contribution < 1.29 is 4.39 Å². The van der Waals surface area contributed by atoms with Gasteiger partial charge >= 0.3 is 0 Å². The van der Waals surface area contributed by atoms with Crippen LogP contribution in [0.5, 0.6) is 0 Å². The topological polar surface area (TPSA) is 37.8 Å². The number of benzene rings is 1. The zero-order valence-corrected chi connectivity index (χ0v) is 14.0. The maximum Gasteiger partial charge on any atom is 0.162 e. The molecule has 2 rings (SSSR count).